The molecular formula is C51H97N2O6P. The van der Waals surface area contributed by atoms with E-state index in [9.17, 15) is 19.4 Å². The molecule has 0 rings (SSSR count). The Hall–Kier alpha value is -1.54. The van der Waals surface area contributed by atoms with Crippen molar-refractivity contribution in [3.8, 4) is 0 Å². The van der Waals surface area contributed by atoms with E-state index in [1.165, 1.54) is 173 Å². The lowest BCUT2D eigenvalue weighted by Gasteiger charge is -2.23. The van der Waals surface area contributed by atoms with Gasteiger partial charge in [-0.15, -0.1) is 0 Å². The van der Waals surface area contributed by atoms with E-state index in [1.54, 1.807) is 6.08 Å². The monoisotopic (exact) mass is 865 g/mol. The van der Waals surface area contributed by atoms with Crippen LogP contribution in [0.1, 0.15) is 239 Å². The summed E-state index contributed by atoms with van der Waals surface area (Å²) in [5, 5.41) is 13.7. The molecule has 3 unspecified atom stereocenters. The number of unbranched alkanes of at least 4 members (excludes halogenated alkanes) is 29. The molecule has 3 atom stereocenters. The van der Waals surface area contributed by atoms with Gasteiger partial charge < -0.3 is 21.1 Å². The van der Waals surface area contributed by atoms with Crippen LogP contribution in [0.25, 0.3) is 0 Å². The Kier molecular flexibility index (Phi) is 45.7. The van der Waals surface area contributed by atoms with Crippen molar-refractivity contribution in [3.63, 3.8) is 0 Å². The van der Waals surface area contributed by atoms with Crippen LogP contribution in [0.4, 0.5) is 0 Å². The highest BCUT2D eigenvalue weighted by Gasteiger charge is 2.26. The molecule has 0 aromatic rings. The van der Waals surface area contributed by atoms with Gasteiger partial charge in [-0.2, -0.15) is 0 Å². The van der Waals surface area contributed by atoms with E-state index in [2.05, 4.69) is 55.6 Å². The molecule has 0 fully saturated rings. The summed E-state index contributed by atoms with van der Waals surface area (Å²) in [4.78, 5) is 22.8. The van der Waals surface area contributed by atoms with Crippen molar-refractivity contribution >= 4 is 13.7 Å². The number of phosphoric acid groups is 1. The van der Waals surface area contributed by atoms with E-state index in [0.717, 1.165) is 44.9 Å². The standard InChI is InChI=1S/C51H97N2O6P/c1-3-5-7-9-11-13-15-17-19-21-23-24-25-26-27-29-31-33-35-37-39-41-43-45-51(55)53-49(48-59-60(56,57)58-47-46-52)50(54)44-42-40-38-36-34-32-30-28-22-20-18-16-14-12-10-8-6-4-2/h15,17,21,23,34,36,42,44,49-50,54H,3-14,16,18-20,22,24-33,35,37-41,43,45-48,52H2,1-2H3,(H,53,55)(H,56,57)/b17-15-,23-21-,36-34+,44-42+. The second-order valence-electron chi connectivity index (χ2n) is 17.0. The summed E-state index contributed by atoms with van der Waals surface area (Å²) in [6.45, 7) is 4.12. The number of hydrogen-bond acceptors (Lipinski definition) is 6. The first kappa shape index (κ1) is 58.5. The van der Waals surface area contributed by atoms with Crippen LogP contribution in [0.2, 0.25) is 0 Å². The topological polar surface area (TPSA) is 131 Å². The van der Waals surface area contributed by atoms with Gasteiger partial charge in [-0.05, 0) is 64.2 Å². The molecule has 0 spiro atoms. The van der Waals surface area contributed by atoms with Crippen molar-refractivity contribution in [2.45, 2.75) is 251 Å². The average Bonchev–Trinajstić information content (AvgIpc) is 3.24. The quantitative estimate of drug-likeness (QED) is 0.0272. The highest BCUT2D eigenvalue weighted by atomic mass is 31.2. The third-order valence-corrected chi connectivity index (χ3v) is 12.1. The minimum atomic E-state index is -4.35. The van der Waals surface area contributed by atoms with Crippen molar-refractivity contribution in [2.24, 2.45) is 5.73 Å². The zero-order valence-corrected chi connectivity index (χ0v) is 40.1. The van der Waals surface area contributed by atoms with Gasteiger partial charge in [0.25, 0.3) is 0 Å². The number of aliphatic hydroxyl groups excluding tert-OH is 1. The minimum Gasteiger partial charge on any atom is -0.387 e. The Morgan fingerprint density at radius 3 is 1.38 bits per heavy atom. The number of hydrogen-bond donors (Lipinski definition) is 4. The molecule has 0 saturated carbocycles. The fourth-order valence-electron chi connectivity index (χ4n) is 7.30. The first-order valence-electron chi connectivity index (χ1n) is 25.3. The number of nitrogens with two attached hydrogens (primary N) is 1. The van der Waals surface area contributed by atoms with Crippen LogP contribution >= 0.6 is 7.82 Å². The first-order chi connectivity index (χ1) is 29.4. The Morgan fingerprint density at radius 2 is 0.933 bits per heavy atom. The van der Waals surface area contributed by atoms with E-state index in [1.807, 2.05) is 6.08 Å². The number of rotatable bonds is 47. The zero-order valence-electron chi connectivity index (χ0n) is 39.2. The van der Waals surface area contributed by atoms with Gasteiger partial charge in [0.05, 0.1) is 25.4 Å². The molecule has 9 heteroatoms. The molecule has 352 valence electrons. The van der Waals surface area contributed by atoms with Gasteiger partial charge in [-0.1, -0.05) is 217 Å². The van der Waals surface area contributed by atoms with Crippen molar-refractivity contribution in [1.29, 1.82) is 0 Å². The summed E-state index contributed by atoms with van der Waals surface area (Å²) in [5.74, 6) is -0.205. The van der Waals surface area contributed by atoms with Crippen LogP contribution in [0.3, 0.4) is 0 Å². The van der Waals surface area contributed by atoms with E-state index in [0.29, 0.717) is 6.42 Å². The molecule has 0 aromatic carbocycles. The number of carbonyl (C=O) groups excluding carboxylic acids is 1. The lowest BCUT2D eigenvalue weighted by Crippen LogP contribution is -2.45. The van der Waals surface area contributed by atoms with E-state index in [-0.39, 0.29) is 25.7 Å². The zero-order chi connectivity index (χ0) is 43.9. The number of allylic oxidation sites excluding steroid dienone is 7. The lowest BCUT2D eigenvalue weighted by atomic mass is 10.0. The molecule has 60 heavy (non-hydrogen) atoms. The SMILES string of the molecule is CCCCCCC/C=C\C/C=C\CCCCCCCCCCCCCC(=O)NC(COP(=O)(O)OCCN)C(O)/C=C/CC/C=C/CCCCCCCCCCCCCC. The predicted molar refractivity (Wildman–Crippen MR) is 258 cm³/mol. The number of carbonyl (C=O) groups is 1. The largest absolute Gasteiger partial charge is 0.472 e. The molecule has 5 N–H and O–H groups in total. The Morgan fingerprint density at radius 1 is 0.550 bits per heavy atom. The molecule has 0 saturated heterocycles. The number of nitrogens with one attached hydrogen (secondary N) is 1. The third kappa shape index (κ3) is 44.5. The van der Waals surface area contributed by atoms with Crippen LogP contribution in [0.5, 0.6) is 0 Å². The molecule has 0 aromatic heterocycles. The first-order valence-corrected chi connectivity index (χ1v) is 26.8. The molecule has 0 aliphatic carbocycles. The number of amides is 1. The molecule has 0 bridgehead atoms. The molecular weight excluding hydrogens is 768 g/mol. The van der Waals surface area contributed by atoms with Gasteiger partial charge in [0.2, 0.25) is 5.91 Å². The maximum Gasteiger partial charge on any atom is 0.472 e. The molecule has 0 aliphatic heterocycles. The maximum absolute atomic E-state index is 12.8. The third-order valence-electron chi connectivity index (χ3n) is 11.1. The average molecular weight is 865 g/mol. The minimum absolute atomic E-state index is 0.0730. The second-order valence-corrected chi connectivity index (χ2v) is 18.5. The fraction of sp³-hybridized carbons (Fsp3) is 0.824. The van der Waals surface area contributed by atoms with Crippen LogP contribution in [0.15, 0.2) is 48.6 Å². The van der Waals surface area contributed by atoms with Gasteiger partial charge in [-0.25, -0.2) is 4.57 Å². The Bertz CT molecular complexity index is 1080. The highest BCUT2D eigenvalue weighted by molar-refractivity contribution is 7.47. The van der Waals surface area contributed by atoms with Gasteiger partial charge >= 0.3 is 7.82 Å². The number of phosphoric ester groups is 1. The molecule has 8 nitrogen and oxygen atoms in total. The number of aliphatic hydroxyl groups is 1. The van der Waals surface area contributed by atoms with Crippen LogP contribution in [-0.4, -0.2) is 47.8 Å². The van der Waals surface area contributed by atoms with Crippen molar-refractivity contribution in [3.05, 3.63) is 48.6 Å². The van der Waals surface area contributed by atoms with Crippen LogP contribution in [0, 0.1) is 0 Å². The van der Waals surface area contributed by atoms with Crippen molar-refractivity contribution < 1.29 is 28.4 Å². The van der Waals surface area contributed by atoms with E-state index in [4.69, 9.17) is 14.8 Å². The van der Waals surface area contributed by atoms with Gasteiger partial charge in [0.1, 0.15) is 0 Å². The summed E-state index contributed by atoms with van der Waals surface area (Å²) < 4.78 is 22.2. The second kappa shape index (κ2) is 47.0. The van der Waals surface area contributed by atoms with Crippen LogP contribution in [-0.2, 0) is 18.4 Å². The summed E-state index contributed by atoms with van der Waals surface area (Å²) in [5.41, 5.74) is 5.39. The molecule has 0 heterocycles. The smallest absolute Gasteiger partial charge is 0.387 e. The van der Waals surface area contributed by atoms with E-state index < -0.39 is 20.0 Å². The predicted octanol–water partition coefficient (Wildman–Crippen LogP) is 14.8. The summed E-state index contributed by atoms with van der Waals surface area (Å²) in [6, 6.07) is -0.879. The summed E-state index contributed by atoms with van der Waals surface area (Å²) in [6.07, 6.45) is 58.9. The highest BCUT2D eigenvalue weighted by Crippen LogP contribution is 2.43. The normalized spacial score (nSPS) is 14.3. The van der Waals surface area contributed by atoms with Crippen molar-refractivity contribution in [2.75, 3.05) is 19.8 Å². The molecule has 0 radical (unpaired) electrons. The lowest BCUT2D eigenvalue weighted by molar-refractivity contribution is -0.123. The van der Waals surface area contributed by atoms with E-state index >= 15 is 0 Å². The molecule has 1 amide bonds. The van der Waals surface area contributed by atoms with Crippen LogP contribution < -0.4 is 11.1 Å². The summed E-state index contributed by atoms with van der Waals surface area (Å²) in [7, 11) is -4.35. The Balaban J connectivity index is 4.14. The van der Waals surface area contributed by atoms with Gasteiger partial charge in [0, 0.05) is 13.0 Å². The maximum atomic E-state index is 12.8. The van der Waals surface area contributed by atoms with Crippen molar-refractivity contribution in [1.82, 2.24) is 5.32 Å². The Labute approximate surface area is 371 Å². The van der Waals surface area contributed by atoms with Gasteiger partial charge in [0.15, 0.2) is 0 Å². The molecule has 0 aliphatic rings. The fourth-order valence-corrected chi connectivity index (χ4v) is 8.06. The van der Waals surface area contributed by atoms with Gasteiger partial charge in [-0.3, -0.25) is 13.8 Å². The summed E-state index contributed by atoms with van der Waals surface area (Å²) >= 11 is 0.